The quantitative estimate of drug-likeness (QED) is 0.340. The maximum absolute atomic E-state index is 9.08. The molecule has 0 aliphatic rings. The van der Waals surface area contributed by atoms with E-state index in [1.54, 1.807) is 12.2 Å². The van der Waals surface area contributed by atoms with Crippen molar-refractivity contribution >= 4 is 0 Å². The molecule has 78 valence electrons. The van der Waals surface area contributed by atoms with Crippen molar-refractivity contribution < 1.29 is 20.4 Å². The molecular weight excluding hydrogens is 172 g/mol. The van der Waals surface area contributed by atoms with Gasteiger partial charge in [-0.3, -0.25) is 0 Å². The summed E-state index contributed by atoms with van der Waals surface area (Å²) < 4.78 is 0. The van der Waals surface area contributed by atoms with Crippen LogP contribution in [0.2, 0.25) is 0 Å². The molecule has 0 aliphatic heterocycles. The van der Waals surface area contributed by atoms with E-state index in [0.29, 0.717) is 6.42 Å². The normalized spacial score (nSPS) is 16.8. The van der Waals surface area contributed by atoms with Crippen molar-refractivity contribution in [1.82, 2.24) is 0 Å². The zero-order valence-corrected chi connectivity index (χ0v) is 7.80. The fraction of sp³-hybridized carbons (Fsp3) is 0.778. The molecule has 2 atom stereocenters. The van der Waals surface area contributed by atoms with E-state index in [4.69, 9.17) is 20.4 Å². The van der Waals surface area contributed by atoms with Crippen molar-refractivity contribution in [3.63, 3.8) is 0 Å². The van der Waals surface area contributed by atoms with Crippen LogP contribution in [0.25, 0.3) is 0 Å². The molecule has 0 rings (SSSR count). The molecule has 4 nitrogen and oxygen atoms in total. The lowest BCUT2D eigenvalue weighted by atomic mass is 9.97. The van der Waals surface area contributed by atoms with Crippen LogP contribution in [-0.4, -0.2) is 39.4 Å². The molecule has 0 spiro atoms. The third-order valence-electron chi connectivity index (χ3n) is 1.88. The van der Waals surface area contributed by atoms with E-state index in [1.807, 2.05) is 6.92 Å². The molecule has 0 saturated carbocycles. The second-order valence-corrected chi connectivity index (χ2v) is 3.05. The van der Waals surface area contributed by atoms with Crippen LogP contribution in [0.5, 0.6) is 0 Å². The zero-order chi connectivity index (χ0) is 10.3. The molecule has 13 heavy (non-hydrogen) atoms. The molecule has 4 heteroatoms. The van der Waals surface area contributed by atoms with Crippen LogP contribution >= 0.6 is 0 Å². The van der Waals surface area contributed by atoms with Crippen molar-refractivity contribution in [2.75, 3.05) is 6.61 Å². The molecule has 0 aromatic rings. The van der Waals surface area contributed by atoms with Gasteiger partial charge in [0.1, 0.15) is 0 Å². The highest BCUT2D eigenvalue weighted by molar-refractivity contribution is 4.82. The molecule has 0 aromatic heterocycles. The van der Waals surface area contributed by atoms with Gasteiger partial charge in [-0.2, -0.15) is 0 Å². The molecule has 0 heterocycles. The third kappa shape index (κ3) is 5.76. The van der Waals surface area contributed by atoms with Gasteiger partial charge < -0.3 is 20.4 Å². The van der Waals surface area contributed by atoms with Gasteiger partial charge in [0.2, 0.25) is 0 Å². The van der Waals surface area contributed by atoms with Crippen molar-refractivity contribution in [3.8, 4) is 0 Å². The fourth-order valence-electron chi connectivity index (χ4n) is 1.07. The Balaban J connectivity index is 3.94. The average Bonchev–Trinajstić information content (AvgIpc) is 2.11. The Morgan fingerprint density at radius 1 is 1.23 bits per heavy atom. The second-order valence-electron chi connectivity index (χ2n) is 3.05. The van der Waals surface area contributed by atoms with Gasteiger partial charge in [-0.25, -0.2) is 0 Å². The van der Waals surface area contributed by atoms with Crippen molar-refractivity contribution in [1.29, 1.82) is 0 Å². The van der Waals surface area contributed by atoms with E-state index in [2.05, 4.69) is 0 Å². The molecule has 0 fully saturated rings. The largest absolute Gasteiger partial charge is 0.394 e. The predicted octanol–water partition coefficient (Wildman–Crippen LogP) is -0.377. The summed E-state index contributed by atoms with van der Waals surface area (Å²) in [7, 11) is 0. The molecule has 0 aromatic carbocycles. The maximum atomic E-state index is 9.08. The monoisotopic (exact) mass is 190 g/mol. The summed E-state index contributed by atoms with van der Waals surface area (Å²) in [6, 6.07) is 0. The highest BCUT2D eigenvalue weighted by Crippen LogP contribution is 2.15. The van der Waals surface area contributed by atoms with E-state index in [1.165, 1.54) is 0 Å². The number of aliphatic hydroxyl groups excluding tert-OH is 3. The Morgan fingerprint density at radius 2 is 1.85 bits per heavy atom. The standard InChI is InChI=1S/C9H18O4/c1-2-3-4-7(9(12)13)5-8(11)6-10/h2-3,7-13H,4-6H2,1H3. The minimum atomic E-state index is -1.45. The van der Waals surface area contributed by atoms with Gasteiger partial charge in [-0.1, -0.05) is 12.2 Å². The molecule has 0 saturated heterocycles. The fourth-order valence-corrected chi connectivity index (χ4v) is 1.07. The highest BCUT2D eigenvalue weighted by Gasteiger charge is 2.18. The van der Waals surface area contributed by atoms with Crippen LogP contribution in [-0.2, 0) is 0 Å². The van der Waals surface area contributed by atoms with E-state index in [9.17, 15) is 0 Å². The lowest BCUT2D eigenvalue weighted by Gasteiger charge is -2.19. The minimum Gasteiger partial charge on any atom is -0.394 e. The lowest BCUT2D eigenvalue weighted by molar-refractivity contribution is -0.0959. The Bertz CT molecular complexity index is 145. The smallest absolute Gasteiger partial charge is 0.154 e. The molecule has 0 aliphatic carbocycles. The Labute approximate surface area is 78.1 Å². The van der Waals surface area contributed by atoms with Gasteiger partial charge in [0.25, 0.3) is 0 Å². The maximum Gasteiger partial charge on any atom is 0.154 e. The SMILES string of the molecule is CC=CCC(CC(O)CO)C(O)O. The van der Waals surface area contributed by atoms with E-state index >= 15 is 0 Å². The van der Waals surface area contributed by atoms with Crippen LogP contribution < -0.4 is 0 Å². The van der Waals surface area contributed by atoms with Gasteiger partial charge in [-0.15, -0.1) is 0 Å². The highest BCUT2D eigenvalue weighted by atomic mass is 16.5. The molecule has 0 radical (unpaired) electrons. The van der Waals surface area contributed by atoms with Crippen LogP contribution in [0.3, 0.4) is 0 Å². The van der Waals surface area contributed by atoms with Crippen molar-refractivity contribution in [3.05, 3.63) is 12.2 Å². The topological polar surface area (TPSA) is 80.9 Å². The first-order chi connectivity index (χ1) is 6.11. The van der Waals surface area contributed by atoms with Crippen LogP contribution in [0.1, 0.15) is 19.8 Å². The summed E-state index contributed by atoms with van der Waals surface area (Å²) in [6.45, 7) is 1.49. The van der Waals surface area contributed by atoms with E-state index in [-0.39, 0.29) is 13.0 Å². The summed E-state index contributed by atoms with van der Waals surface area (Å²) in [6.07, 6.45) is 1.97. The number of allylic oxidation sites excluding steroid dienone is 2. The lowest BCUT2D eigenvalue weighted by Crippen LogP contribution is -2.26. The molecule has 4 N–H and O–H groups in total. The summed E-state index contributed by atoms with van der Waals surface area (Å²) in [5, 5.41) is 35.5. The number of aliphatic hydroxyl groups is 4. The minimum absolute atomic E-state index is 0.193. The first kappa shape index (κ1) is 12.6. The third-order valence-corrected chi connectivity index (χ3v) is 1.88. The number of hydrogen-bond donors (Lipinski definition) is 4. The van der Waals surface area contributed by atoms with Gasteiger partial charge >= 0.3 is 0 Å². The van der Waals surface area contributed by atoms with Crippen molar-refractivity contribution in [2.45, 2.75) is 32.2 Å². The Kier molecular flexibility index (Phi) is 6.80. The average molecular weight is 190 g/mol. The summed E-state index contributed by atoms with van der Waals surface area (Å²) >= 11 is 0. The van der Waals surface area contributed by atoms with Crippen LogP contribution in [0, 0.1) is 5.92 Å². The second kappa shape index (κ2) is 7.03. The first-order valence-electron chi connectivity index (χ1n) is 4.38. The summed E-state index contributed by atoms with van der Waals surface area (Å²) in [5.74, 6) is -0.418. The molecule has 0 bridgehead atoms. The zero-order valence-electron chi connectivity index (χ0n) is 7.80. The first-order valence-corrected chi connectivity index (χ1v) is 4.38. The molecule has 2 unspecified atom stereocenters. The Hall–Kier alpha value is -0.420. The van der Waals surface area contributed by atoms with Gasteiger partial charge in [-0.05, 0) is 19.8 Å². The van der Waals surface area contributed by atoms with Crippen LogP contribution in [0.4, 0.5) is 0 Å². The van der Waals surface area contributed by atoms with Crippen molar-refractivity contribution in [2.24, 2.45) is 5.92 Å². The summed E-state index contributed by atoms with van der Waals surface area (Å²) in [4.78, 5) is 0. The molecular formula is C9H18O4. The van der Waals surface area contributed by atoms with E-state index in [0.717, 1.165) is 0 Å². The van der Waals surface area contributed by atoms with Gasteiger partial charge in [0.05, 0.1) is 12.7 Å². The Morgan fingerprint density at radius 3 is 2.23 bits per heavy atom. The van der Waals surface area contributed by atoms with Gasteiger partial charge in [0.15, 0.2) is 6.29 Å². The summed E-state index contributed by atoms with van der Waals surface area (Å²) in [5.41, 5.74) is 0. The predicted molar refractivity (Wildman–Crippen MR) is 48.9 cm³/mol. The van der Waals surface area contributed by atoms with Gasteiger partial charge in [0, 0.05) is 5.92 Å². The number of hydrogen-bond acceptors (Lipinski definition) is 4. The number of rotatable bonds is 6. The molecule has 0 amide bonds. The van der Waals surface area contributed by atoms with E-state index < -0.39 is 18.3 Å². The van der Waals surface area contributed by atoms with Crippen LogP contribution in [0.15, 0.2) is 12.2 Å².